The first-order chi connectivity index (χ1) is 16.3. The number of aromatic nitrogens is 1. The van der Waals surface area contributed by atoms with E-state index in [9.17, 15) is 18.6 Å². The van der Waals surface area contributed by atoms with E-state index in [0.29, 0.717) is 17.9 Å². The Kier molecular flexibility index (Phi) is 9.23. The van der Waals surface area contributed by atoms with Gasteiger partial charge in [-0.15, -0.1) is 0 Å². The number of hydrogen-bond donors (Lipinski definition) is 4. The standard InChI is InChI=1S/C24H29N3O6S/c1-34(30,31)27-23-8-5-13-25-24(23)33-22-11-9-18(10-12-22)14-19(16-28)26-15-20(29)17-32-21-6-3-2-4-7-21/h2-13,19-20,26-29H,14-17H2,1H3/t19-,20-/m0/s1. The van der Waals surface area contributed by atoms with Crippen molar-refractivity contribution in [3.8, 4) is 17.4 Å². The molecule has 0 aliphatic heterocycles. The molecule has 0 fully saturated rings. The number of nitrogens with zero attached hydrogens (tertiary/aromatic N) is 1. The van der Waals surface area contributed by atoms with E-state index in [2.05, 4.69) is 15.0 Å². The number of benzene rings is 2. The van der Waals surface area contributed by atoms with Crippen LogP contribution in [0.2, 0.25) is 0 Å². The molecule has 2 aromatic carbocycles. The van der Waals surface area contributed by atoms with Crippen molar-refractivity contribution in [3.05, 3.63) is 78.5 Å². The van der Waals surface area contributed by atoms with Crippen LogP contribution in [0, 0.1) is 0 Å². The fourth-order valence-electron chi connectivity index (χ4n) is 3.11. The maximum Gasteiger partial charge on any atom is 0.243 e. The van der Waals surface area contributed by atoms with E-state index in [1.807, 2.05) is 42.5 Å². The maximum atomic E-state index is 11.5. The predicted octanol–water partition coefficient (Wildman–Crippen LogP) is 2.18. The third-order valence-electron chi connectivity index (χ3n) is 4.73. The van der Waals surface area contributed by atoms with Gasteiger partial charge in [-0.2, -0.15) is 0 Å². The van der Waals surface area contributed by atoms with Gasteiger partial charge in [0.15, 0.2) is 0 Å². The molecule has 182 valence electrons. The quantitative estimate of drug-likeness (QED) is 0.289. The summed E-state index contributed by atoms with van der Waals surface area (Å²) in [6.07, 6.45) is 2.37. The monoisotopic (exact) mass is 487 g/mol. The zero-order chi connectivity index (χ0) is 24.4. The van der Waals surface area contributed by atoms with E-state index in [0.717, 1.165) is 11.8 Å². The molecule has 0 unspecified atom stereocenters. The minimum Gasteiger partial charge on any atom is -0.491 e. The molecular formula is C24H29N3O6S. The van der Waals surface area contributed by atoms with Crippen molar-refractivity contribution in [2.45, 2.75) is 18.6 Å². The maximum absolute atomic E-state index is 11.5. The van der Waals surface area contributed by atoms with E-state index >= 15 is 0 Å². The number of ether oxygens (including phenoxy) is 2. The zero-order valence-electron chi connectivity index (χ0n) is 18.8. The summed E-state index contributed by atoms with van der Waals surface area (Å²) in [6.45, 7) is 0.318. The van der Waals surface area contributed by atoms with Crippen molar-refractivity contribution in [3.63, 3.8) is 0 Å². The molecule has 0 aliphatic rings. The Morgan fingerprint density at radius 2 is 1.74 bits per heavy atom. The van der Waals surface area contributed by atoms with Gasteiger partial charge < -0.3 is 25.0 Å². The first-order valence-corrected chi connectivity index (χ1v) is 12.6. The number of sulfonamides is 1. The second-order valence-corrected chi connectivity index (χ2v) is 9.49. The van der Waals surface area contributed by atoms with Gasteiger partial charge in [-0.1, -0.05) is 30.3 Å². The number of nitrogens with one attached hydrogen (secondary N) is 2. The van der Waals surface area contributed by atoms with E-state index in [1.54, 1.807) is 24.3 Å². The summed E-state index contributed by atoms with van der Waals surface area (Å²) in [5.74, 6) is 1.32. The summed E-state index contributed by atoms with van der Waals surface area (Å²) in [5, 5.41) is 23.0. The lowest BCUT2D eigenvalue weighted by atomic mass is 10.1. The number of rotatable bonds is 13. The molecule has 0 saturated heterocycles. The highest BCUT2D eigenvalue weighted by molar-refractivity contribution is 7.92. The summed E-state index contributed by atoms with van der Waals surface area (Å²) in [4.78, 5) is 4.09. The van der Waals surface area contributed by atoms with Crippen LogP contribution in [0.4, 0.5) is 5.69 Å². The van der Waals surface area contributed by atoms with Crippen LogP contribution in [0.25, 0.3) is 0 Å². The molecule has 0 spiro atoms. The molecule has 2 atom stereocenters. The first kappa shape index (κ1) is 25.4. The summed E-state index contributed by atoms with van der Waals surface area (Å²) in [5.41, 5.74) is 1.19. The van der Waals surface area contributed by atoms with E-state index in [4.69, 9.17) is 9.47 Å². The molecule has 1 heterocycles. The lowest BCUT2D eigenvalue weighted by Crippen LogP contribution is -2.41. The van der Waals surface area contributed by atoms with Crippen LogP contribution < -0.4 is 19.5 Å². The number of aliphatic hydroxyl groups excluding tert-OH is 2. The average Bonchev–Trinajstić information content (AvgIpc) is 2.82. The topological polar surface area (TPSA) is 130 Å². The smallest absolute Gasteiger partial charge is 0.243 e. The van der Waals surface area contributed by atoms with Crippen LogP contribution in [-0.4, -0.2) is 61.8 Å². The summed E-state index contributed by atoms with van der Waals surface area (Å²) in [6, 6.07) is 19.4. The Bertz CT molecular complexity index is 1130. The summed E-state index contributed by atoms with van der Waals surface area (Å²) >= 11 is 0. The number of hydrogen-bond acceptors (Lipinski definition) is 8. The van der Waals surface area contributed by atoms with Crippen molar-refractivity contribution >= 4 is 15.7 Å². The van der Waals surface area contributed by atoms with Crippen molar-refractivity contribution in [2.75, 3.05) is 30.7 Å². The summed E-state index contributed by atoms with van der Waals surface area (Å²) < 4.78 is 36.7. The van der Waals surface area contributed by atoms with Crippen LogP contribution in [0.3, 0.4) is 0 Å². The molecule has 0 saturated carbocycles. The Morgan fingerprint density at radius 3 is 2.41 bits per heavy atom. The van der Waals surface area contributed by atoms with Crippen molar-refractivity contribution < 1.29 is 28.1 Å². The number of para-hydroxylation sites is 1. The second kappa shape index (κ2) is 12.3. The van der Waals surface area contributed by atoms with Gasteiger partial charge in [-0.05, 0) is 48.4 Å². The third-order valence-corrected chi connectivity index (χ3v) is 5.33. The molecule has 0 radical (unpaired) electrons. The highest BCUT2D eigenvalue weighted by Gasteiger charge is 2.13. The van der Waals surface area contributed by atoms with Crippen LogP contribution >= 0.6 is 0 Å². The highest BCUT2D eigenvalue weighted by Crippen LogP contribution is 2.27. The Morgan fingerprint density at radius 1 is 1.00 bits per heavy atom. The highest BCUT2D eigenvalue weighted by atomic mass is 32.2. The molecule has 3 aromatic rings. The average molecular weight is 488 g/mol. The predicted molar refractivity (Wildman–Crippen MR) is 130 cm³/mol. The fraction of sp³-hybridized carbons (Fsp3) is 0.292. The number of anilines is 1. The molecule has 34 heavy (non-hydrogen) atoms. The van der Waals surface area contributed by atoms with Gasteiger partial charge in [0, 0.05) is 18.8 Å². The van der Waals surface area contributed by atoms with Gasteiger partial charge in [-0.25, -0.2) is 13.4 Å². The Hall–Kier alpha value is -3.18. The normalized spacial score (nSPS) is 13.1. The zero-order valence-corrected chi connectivity index (χ0v) is 19.6. The van der Waals surface area contributed by atoms with Crippen LogP contribution in [-0.2, 0) is 16.4 Å². The van der Waals surface area contributed by atoms with E-state index in [1.165, 1.54) is 6.20 Å². The van der Waals surface area contributed by atoms with E-state index in [-0.39, 0.29) is 37.4 Å². The minimum absolute atomic E-state index is 0.0982. The SMILES string of the molecule is CS(=O)(=O)Nc1cccnc1Oc1ccc(C[C@@H](CO)NC[C@H](O)COc2ccccc2)cc1. The lowest BCUT2D eigenvalue weighted by molar-refractivity contribution is 0.0997. The third kappa shape index (κ3) is 8.64. The van der Waals surface area contributed by atoms with Crippen LogP contribution in [0.15, 0.2) is 72.9 Å². The van der Waals surface area contributed by atoms with E-state index < -0.39 is 16.1 Å². The van der Waals surface area contributed by atoms with Crippen molar-refractivity contribution in [1.82, 2.24) is 10.3 Å². The molecule has 9 nitrogen and oxygen atoms in total. The van der Waals surface area contributed by atoms with Gasteiger partial charge in [0.2, 0.25) is 15.9 Å². The molecule has 10 heteroatoms. The molecule has 0 amide bonds. The molecule has 4 N–H and O–H groups in total. The number of aliphatic hydroxyl groups is 2. The fourth-order valence-corrected chi connectivity index (χ4v) is 3.67. The van der Waals surface area contributed by atoms with Gasteiger partial charge in [-0.3, -0.25) is 4.72 Å². The molecular weight excluding hydrogens is 458 g/mol. The van der Waals surface area contributed by atoms with Crippen LogP contribution in [0.1, 0.15) is 5.56 Å². The largest absolute Gasteiger partial charge is 0.491 e. The van der Waals surface area contributed by atoms with Gasteiger partial charge in [0.05, 0.1) is 12.9 Å². The lowest BCUT2D eigenvalue weighted by Gasteiger charge is -2.19. The molecule has 1 aromatic heterocycles. The van der Waals surface area contributed by atoms with Gasteiger partial charge in [0.25, 0.3) is 0 Å². The summed E-state index contributed by atoms with van der Waals surface area (Å²) in [7, 11) is -3.47. The van der Waals surface area contributed by atoms with Gasteiger partial charge >= 0.3 is 0 Å². The Labute approximate surface area is 199 Å². The van der Waals surface area contributed by atoms with Gasteiger partial charge in [0.1, 0.15) is 29.9 Å². The van der Waals surface area contributed by atoms with Crippen LogP contribution in [0.5, 0.6) is 17.4 Å². The first-order valence-electron chi connectivity index (χ1n) is 10.7. The molecule has 3 rings (SSSR count). The second-order valence-electron chi connectivity index (χ2n) is 7.75. The van der Waals surface area contributed by atoms with Crippen molar-refractivity contribution in [2.24, 2.45) is 0 Å². The molecule has 0 aliphatic carbocycles. The van der Waals surface area contributed by atoms with Crippen molar-refractivity contribution in [1.29, 1.82) is 0 Å². The molecule has 0 bridgehead atoms. The minimum atomic E-state index is -3.47. The number of pyridine rings is 1. The Balaban J connectivity index is 1.50.